The Bertz CT molecular complexity index is 1240. The minimum absolute atomic E-state index is 0.0422. The molecule has 0 heterocycles. The van der Waals surface area contributed by atoms with Crippen LogP contribution in [0.1, 0.15) is 52.4 Å². The van der Waals surface area contributed by atoms with Gasteiger partial charge in [0.25, 0.3) is 0 Å². The maximum Gasteiger partial charge on any atom is 0.170 e. The van der Waals surface area contributed by atoms with Gasteiger partial charge in [0.2, 0.25) is 0 Å². The third-order valence-corrected chi connectivity index (χ3v) is 13.5. The van der Waals surface area contributed by atoms with Crippen LogP contribution in [0, 0.1) is 5.92 Å². The van der Waals surface area contributed by atoms with Crippen LogP contribution >= 0.6 is 7.14 Å². The molecule has 3 aromatic rings. The lowest BCUT2D eigenvalue weighted by Crippen LogP contribution is -2.40. The second kappa shape index (κ2) is 11.5. The summed E-state index contributed by atoms with van der Waals surface area (Å²) in [5.74, 6) is 0.309. The van der Waals surface area contributed by atoms with Crippen LogP contribution in [0.3, 0.4) is 0 Å². The van der Waals surface area contributed by atoms with Crippen LogP contribution in [0.15, 0.2) is 100 Å². The second-order valence-corrected chi connectivity index (χ2v) is 15.7. The number of nitrogens with zero attached hydrogens (tertiary/aromatic N) is 1. The molecule has 1 aliphatic rings. The molecule has 36 heavy (non-hydrogen) atoms. The molecular weight excluding hydrogens is 485 g/mol. The molecule has 192 valence electrons. The smallest absolute Gasteiger partial charge is 0.170 e. The Hall–Kier alpha value is -2.20. The normalized spacial score (nSPS) is 18.3. The van der Waals surface area contributed by atoms with Crippen molar-refractivity contribution in [3.05, 3.63) is 91.0 Å². The van der Waals surface area contributed by atoms with Crippen LogP contribution in [0.25, 0.3) is 0 Å². The summed E-state index contributed by atoms with van der Waals surface area (Å²) >= 11 is 0. The lowest BCUT2D eigenvalue weighted by Gasteiger charge is -2.41. The van der Waals surface area contributed by atoms with Gasteiger partial charge in [-0.25, -0.2) is 8.57 Å². The van der Waals surface area contributed by atoms with Crippen molar-refractivity contribution in [1.82, 2.24) is 0 Å². The SMILES string of the molecule is CC(C)C[C@H](O)CS(=O)(=NC1(P(=O)(c2ccccc2)c2ccccc2)CCCCC1)c1ccccc1. The van der Waals surface area contributed by atoms with Gasteiger partial charge < -0.3 is 9.67 Å². The van der Waals surface area contributed by atoms with Gasteiger partial charge in [-0.3, -0.25) is 0 Å². The van der Waals surface area contributed by atoms with Crippen LogP contribution in [-0.4, -0.2) is 26.5 Å². The van der Waals surface area contributed by atoms with Gasteiger partial charge in [0.1, 0.15) is 5.28 Å². The Morgan fingerprint density at radius 3 is 1.78 bits per heavy atom. The van der Waals surface area contributed by atoms with Crippen molar-refractivity contribution in [3.63, 3.8) is 0 Å². The predicted octanol–water partition coefficient (Wildman–Crippen LogP) is 6.60. The van der Waals surface area contributed by atoms with Crippen molar-refractivity contribution in [1.29, 1.82) is 0 Å². The number of benzene rings is 3. The highest BCUT2D eigenvalue weighted by Gasteiger charge is 2.52. The molecule has 0 aliphatic heterocycles. The number of rotatable bonds is 9. The molecule has 0 spiro atoms. The maximum atomic E-state index is 15.6. The standard InChI is InChI=1S/C30H38NO3PS/c1-25(2)23-26(32)24-36(34,29-19-11-5-12-20-29)31-30(21-13-6-14-22-30)35(33,27-15-7-3-8-16-27)28-17-9-4-10-18-28/h3-5,7-12,15-20,25-26,32H,6,13-14,21-24H2,1-2H3/t26-,36?/m0/s1. The summed E-state index contributed by atoms with van der Waals surface area (Å²) in [6.07, 6.45) is 3.81. The van der Waals surface area contributed by atoms with E-state index in [1.54, 1.807) is 0 Å². The Kier molecular flexibility index (Phi) is 8.55. The molecule has 0 radical (unpaired) electrons. The fourth-order valence-electron chi connectivity index (χ4n) is 5.45. The van der Waals surface area contributed by atoms with Gasteiger partial charge in [-0.1, -0.05) is 112 Å². The highest BCUT2D eigenvalue weighted by Crippen LogP contribution is 2.63. The Labute approximate surface area is 216 Å². The fraction of sp³-hybridized carbons (Fsp3) is 0.400. The lowest BCUT2D eigenvalue weighted by atomic mass is 9.95. The molecule has 1 aliphatic carbocycles. The summed E-state index contributed by atoms with van der Waals surface area (Å²) in [5, 5.41) is 11.5. The Morgan fingerprint density at radius 2 is 1.31 bits per heavy atom. The minimum Gasteiger partial charge on any atom is -0.392 e. The van der Waals surface area contributed by atoms with E-state index in [0.29, 0.717) is 24.2 Å². The highest BCUT2D eigenvalue weighted by atomic mass is 32.2. The third kappa shape index (κ3) is 5.54. The van der Waals surface area contributed by atoms with E-state index >= 15 is 4.57 Å². The van der Waals surface area contributed by atoms with Crippen LogP contribution in [-0.2, 0) is 14.3 Å². The fourth-order valence-corrected chi connectivity index (χ4v) is 12.0. The molecule has 1 saturated carbocycles. The molecule has 6 heteroatoms. The largest absolute Gasteiger partial charge is 0.392 e. The summed E-state index contributed by atoms with van der Waals surface area (Å²) in [4.78, 5) is 0.602. The van der Waals surface area contributed by atoms with Crippen molar-refractivity contribution in [2.45, 2.75) is 68.7 Å². The molecule has 1 fully saturated rings. The quantitative estimate of drug-likeness (QED) is 0.322. The third-order valence-electron chi connectivity index (χ3n) is 7.07. The van der Waals surface area contributed by atoms with E-state index in [-0.39, 0.29) is 11.7 Å². The van der Waals surface area contributed by atoms with Gasteiger partial charge in [-0.15, -0.1) is 0 Å². The zero-order valence-electron chi connectivity index (χ0n) is 21.3. The van der Waals surface area contributed by atoms with Gasteiger partial charge in [0.15, 0.2) is 7.14 Å². The van der Waals surface area contributed by atoms with Crippen LogP contribution in [0.4, 0.5) is 0 Å². The summed E-state index contributed by atoms with van der Waals surface area (Å²) in [5.41, 5.74) is 0. The Morgan fingerprint density at radius 1 is 0.833 bits per heavy atom. The molecular formula is C30H38NO3PS. The molecule has 0 bridgehead atoms. The second-order valence-electron chi connectivity index (χ2n) is 10.3. The van der Waals surface area contributed by atoms with E-state index < -0.39 is 28.3 Å². The van der Waals surface area contributed by atoms with E-state index in [1.165, 1.54) is 0 Å². The first-order valence-electron chi connectivity index (χ1n) is 13.0. The van der Waals surface area contributed by atoms with Crippen LogP contribution in [0.2, 0.25) is 0 Å². The predicted molar refractivity (Wildman–Crippen MR) is 151 cm³/mol. The van der Waals surface area contributed by atoms with Crippen molar-refractivity contribution < 1.29 is 13.9 Å². The molecule has 3 aromatic carbocycles. The summed E-state index contributed by atoms with van der Waals surface area (Å²) in [6.45, 7) is 4.10. The average molecular weight is 524 g/mol. The summed E-state index contributed by atoms with van der Waals surface area (Å²) in [6, 6.07) is 28.5. The first-order chi connectivity index (χ1) is 17.3. The van der Waals surface area contributed by atoms with Gasteiger partial charge in [-0.05, 0) is 37.3 Å². The molecule has 4 nitrogen and oxygen atoms in total. The van der Waals surface area contributed by atoms with Crippen molar-refractivity contribution in [3.8, 4) is 0 Å². The van der Waals surface area contributed by atoms with E-state index in [2.05, 4.69) is 0 Å². The number of hydrogen-bond acceptors (Lipinski definition) is 4. The van der Waals surface area contributed by atoms with Gasteiger partial charge in [0, 0.05) is 15.5 Å². The zero-order chi connectivity index (χ0) is 25.7. The van der Waals surface area contributed by atoms with Gasteiger partial charge in [0.05, 0.1) is 21.6 Å². The van der Waals surface area contributed by atoms with E-state index in [9.17, 15) is 9.32 Å². The molecule has 4 rings (SSSR count). The topological polar surface area (TPSA) is 66.7 Å². The molecule has 1 N–H and O–H groups in total. The van der Waals surface area contributed by atoms with E-state index in [4.69, 9.17) is 4.36 Å². The minimum atomic E-state index is -3.35. The summed E-state index contributed by atoms with van der Waals surface area (Å²) in [7, 11) is -6.41. The zero-order valence-corrected chi connectivity index (χ0v) is 23.0. The Balaban J connectivity index is 2.00. The highest BCUT2D eigenvalue weighted by molar-refractivity contribution is 7.94. The van der Waals surface area contributed by atoms with Crippen LogP contribution in [0.5, 0.6) is 0 Å². The molecule has 0 amide bonds. The first-order valence-corrected chi connectivity index (χ1v) is 16.4. The van der Waals surface area contributed by atoms with Crippen molar-refractivity contribution in [2.24, 2.45) is 10.3 Å². The lowest BCUT2D eigenvalue weighted by molar-refractivity contribution is 0.171. The van der Waals surface area contributed by atoms with Gasteiger partial charge in [-0.2, -0.15) is 0 Å². The molecule has 0 aromatic heterocycles. The number of aliphatic hydroxyl groups is 1. The van der Waals surface area contributed by atoms with Crippen molar-refractivity contribution >= 4 is 27.5 Å². The van der Waals surface area contributed by atoms with Crippen LogP contribution < -0.4 is 10.6 Å². The molecule has 0 saturated heterocycles. The van der Waals surface area contributed by atoms with E-state index in [1.807, 2.05) is 105 Å². The van der Waals surface area contributed by atoms with Crippen molar-refractivity contribution in [2.75, 3.05) is 5.75 Å². The average Bonchev–Trinajstić information content (AvgIpc) is 2.89. The van der Waals surface area contributed by atoms with E-state index in [0.717, 1.165) is 29.9 Å². The molecule has 1 unspecified atom stereocenters. The maximum absolute atomic E-state index is 15.6. The monoisotopic (exact) mass is 523 g/mol. The number of aliphatic hydroxyl groups excluding tert-OH is 1. The molecule has 2 atom stereocenters. The summed E-state index contributed by atoms with van der Waals surface area (Å²) < 4.78 is 35.7. The van der Waals surface area contributed by atoms with Gasteiger partial charge >= 0.3 is 0 Å². The first kappa shape index (κ1) is 26.9. The number of hydrogen-bond donors (Lipinski definition) is 1.